The Kier molecular flexibility index (Phi) is 20.0. The number of cyclic esters (lactones) is 1. The van der Waals surface area contributed by atoms with Gasteiger partial charge in [0, 0.05) is 48.8 Å². The Balaban J connectivity index is 0.00000483. The molecular weight excluding hydrogens is 913 g/mol. The number of hydrogen-bond acceptors (Lipinski definition) is 18. The van der Waals surface area contributed by atoms with Crippen LogP contribution in [0.5, 0.6) is 0 Å². The zero-order valence-electron chi connectivity index (χ0n) is 43.1. The fraction of sp³-hybridized carbons (Fsp3) is 0.830. The monoisotopic (exact) mass is 996 g/mol. The Hall–Kier alpha value is -0.840. The second kappa shape index (κ2) is 24.3. The Morgan fingerprint density at radius 2 is 1.63 bits per heavy atom. The van der Waals surface area contributed by atoms with Crippen LogP contribution in [0.1, 0.15) is 103 Å². The number of thiol groups is 1. The molecule has 1 aromatic rings. The van der Waals surface area contributed by atoms with Crippen molar-refractivity contribution in [2.75, 3.05) is 33.7 Å². The van der Waals surface area contributed by atoms with E-state index in [2.05, 4.69) is 31.4 Å². The minimum atomic E-state index is -1.90. The van der Waals surface area contributed by atoms with Crippen LogP contribution < -0.4 is 0 Å². The van der Waals surface area contributed by atoms with Crippen LogP contribution in [-0.4, -0.2) is 150 Å². The van der Waals surface area contributed by atoms with Crippen molar-refractivity contribution < 1.29 is 58.9 Å². The normalized spacial score (nSPS) is 41.9. The van der Waals surface area contributed by atoms with E-state index in [1.54, 1.807) is 57.7 Å². The number of esters is 1. The molecule has 65 heavy (non-hydrogen) atoms. The molecule has 4 aliphatic heterocycles. The lowest BCUT2D eigenvalue weighted by atomic mass is 9.69. The van der Waals surface area contributed by atoms with Gasteiger partial charge in [0.25, 0.3) is 0 Å². The molecule has 0 bridgehead atoms. The van der Waals surface area contributed by atoms with Crippen LogP contribution in [0, 0.1) is 29.1 Å². The van der Waals surface area contributed by atoms with Gasteiger partial charge in [0.15, 0.2) is 12.6 Å². The molecule has 1 aromatic carbocycles. The number of carbonyl (C=O) groups is 1. The fourth-order valence-electron chi connectivity index (χ4n) is 10.1. The maximum atomic E-state index is 14.7. The molecule has 14 nitrogen and oxygen atoms in total. The van der Waals surface area contributed by atoms with Gasteiger partial charge >= 0.3 is 5.97 Å². The van der Waals surface area contributed by atoms with Crippen LogP contribution in [0.3, 0.4) is 0 Å². The molecule has 3 N–H and O–H groups in total. The van der Waals surface area contributed by atoms with Gasteiger partial charge in [-0.1, -0.05) is 82.4 Å². The first kappa shape index (κ1) is 53.5. The number of oxime groups is 1. The summed E-state index contributed by atoms with van der Waals surface area (Å²) in [6.07, 6.45) is -4.89. The van der Waals surface area contributed by atoms with Gasteiger partial charge in [-0.25, -0.2) is 0 Å². The van der Waals surface area contributed by atoms with E-state index in [9.17, 15) is 15.0 Å². The smallest absolute Gasteiger partial charge is 0.311 e. The number of likely N-dealkylation sites (N-methyl/N-ethyl adjacent to an activating group) is 1. The number of rotatable bonds is 12. The molecule has 0 saturated carbocycles. The van der Waals surface area contributed by atoms with Gasteiger partial charge in [-0.2, -0.15) is 12.6 Å². The first-order chi connectivity index (χ1) is 31.5. The van der Waals surface area contributed by atoms with E-state index < -0.39 is 95.6 Å². The van der Waals surface area contributed by atoms with Crippen molar-refractivity contribution in [3.05, 3.63) is 24.3 Å². The largest absolute Gasteiger partial charge is 0.459 e. The van der Waals surface area contributed by atoms with Crippen molar-refractivity contribution in [3.8, 4) is 0 Å². The van der Waals surface area contributed by atoms with E-state index in [0.29, 0.717) is 18.6 Å². The van der Waals surface area contributed by atoms with Gasteiger partial charge in [-0.3, -0.25) is 4.79 Å². The number of ether oxygens (including phenoxy) is 6. The van der Waals surface area contributed by atoms with Crippen molar-refractivity contribution in [1.82, 2.24) is 4.90 Å². The summed E-state index contributed by atoms with van der Waals surface area (Å²) in [5, 5.41) is 34.4. The minimum Gasteiger partial charge on any atom is -0.459 e. The number of methoxy groups -OCH3 is 1. The van der Waals surface area contributed by atoms with Crippen molar-refractivity contribution in [2.45, 2.75) is 195 Å². The highest BCUT2D eigenvalue weighted by Crippen LogP contribution is 2.49. The number of aliphatic hydroxyl groups is 3. The van der Waals surface area contributed by atoms with Crippen LogP contribution in [-0.2, 0) is 42.2 Å². The highest BCUT2D eigenvalue weighted by molar-refractivity contribution is 8.19. The van der Waals surface area contributed by atoms with E-state index in [-0.39, 0.29) is 41.9 Å². The summed E-state index contributed by atoms with van der Waals surface area (Å²) in [7, 11) is 5.54. The molecule has 4 aliphatic rings. The number of nitrogens with zero attached hydrogens (tertiary/aromatic N) is 2. The third-order valence-electron chi connectivity index (χ3n) is 13.8. The third-order valence-corrected chi connectivity index (χ3v) is 16.6. The second-order valence-corrected chi connectivity index (χ2v) is 22.4. The molecule has 0 aliphatic carbocycles. The number of hydrogen-bond donors (Lipinski definition) is 4. The molecule has 0 aromatic heterocycles. The van der Waals surface area contributed by atoms with Crippen molar-refractivity contribution in [2.24, 2.45) is 34.2 Å². The molecule has 3 fully saturated rings. The van der Waals surface area contributed by atoms with Crippen LogP contribution in [0.15, 0.2) is 39.2 Å². The summed E-state index contributed by atoms with van der Waals surface area (Å²) < 4.78 is 61.2. The third kappa shape index (κ3) is 13.3. The van der Waals surface area contributed by atoms with Crippen molar-refractivity contribution in [3.63, 3.8) is 0 Å². The Bertz CT molecular complexity index is 1720. The average Bonchev–Trinajstić information content (AvgIpc) is 3.70. The van der Waals surface area contributed by atoms with E-state index in [1.807, 2.05) is 73.0 Å². The molecule has 374 valence electrons. The predicted molar refractivity (Wildman–Crippen MR) is 262 cm³/mol. The molecular formula is C47H80N2O12S4. The molecule has 3 saturated heterocycles. The quantitative estimate of drug-likeness (QED) is 0.0690. The van der Waals surface area contributed by atoms with Crippen LogP contribution >= 0.6 is 48.2 Å². The molecule has 17 atom stereocenters. The highest BCUT2D eigenvalue weighted by atomic mass is 32.2. The van der Waals surface area contributed by atoms with Crippen LogP contribution in [0.4, 0.5) is 0 Å². The summed E-state index contributed by atoms with van der Waals surface area (Å²) >= 11 is 7.68. The maximum absolute atomic E-state index is 14.7. The first-order valence-electron chi connectivity index (χ1n) is 23.9. The standard InChI is InChI=1S/C46H76N2O12S3.CH4S/c1-16-33-46(11,52)38(49)26(4)35(47-59-43-62-31-19-17-18-20-32(31)63-43)24(2)22-44(8,9)40(58-42-37(60-61-15)30(48(12)13)21-25(3)54-42)27(5)36(28(6)41(51)56-33)57-34-23-45(10,53-14)39(50)29(7)55-34;1-2/h17-20,24-30,33-34,36-40,42-43,49-50,52H,16,21-23H2,1-15H3;2H,1H3/b47-35+;/t24-,25?,26+,27+,28-,29?,30?,33-,34?,36+,37?,38-,39?,40-,42?,45?,46-;/m1./s1/i15T,50T;. The van der Waals surface area contributed by atoms with E-state index >= 15 is 0 Å². The highest BCUT2D eigenvalue weighted by Gasteiger charge is 2.53. The molecule has 0 amide bonds. The van der Waals surface area contributed by atoms with Gasteiger partial charge in [-0.15, -0.1) is 0 Å². The minimum absolute atomic E-state index is 0.0204. The summed E-state index contributed by atoms with van der Waals surface area (Å²) in [6.45, 7) is 20.7. The van der Waals surface area contributed by atoms with Gasteiger partial charge in [0.05, 0.1) is 47.8 Å². The summed E-state index contributed by atoms with van der Waals surface area (Å²) in [5.74, 6) is -3.25. The Morgan fingerprint density at radius 1 is 0.985 bits per heavy atom. The summed E-state index contributed by atoms with van der Waals surface area (Å²) in [6, 6.07) is 7.96. The number of carbonyl (C=O) groups excluding carboxylic acids is 1. The van der Waals surface area contributed by atoms with Crippen molar-refractivity contribution >= 4 is 59.9 Å². The Morgan fingerprint density at radius 3 is 2.20 bits per heavy atom. The Labute approximate surface area is 410 Å². The van der Waals surface area contributed by atoms with Crippen LogP contribution in [0.2, 0.25) is 0 Å². The average molecular weight is 997 g/mol. The lowest BCUT2D eigenvalue weighted by Gasteiger charge is -2.50. The molecule has 4 heterocycles. The topological polar surface area (TPSA) is 167 Å². The van der Waals surface area contributed by atoms with E-state index in [0.717, 1.165) is 21.8 Å². The number of benzene rings is 1. The summed E-state index contributed by atoms with van der Waals surface area (Å²) in [5.41, 5.74) is -3.09. The van der Waals surface area contributed by atoms with E-state index in [4.69, 9.17) is 50.5 Å². The number of aliphatic hydroxyl groups excluding tert-OH is 2. The van der Waals surface area contributed by atoms with Gasteiger partial charge in [-0.05, 0) is 110 Å². The molecule has 18 heteroatoms. The predicted octanol–water partition coefficient (Wildman–Crippen LogP) is 7.89. The zero-order valence-corrected chi connectivity index (χ0v) is 44.5. The van der Waals surface area contributed by atoms with Gasteiger partial charge in [0.2, 0.25) is 6.20 Å². The fourth-order valence-corrected chi connectivity index (χ4v) is 12.9. The maximum Gasteiger partial charge on any atom is 0.311 e. The lowest BCUT2D eigenvalue weighted by molar-refractivity contribution is -0.311. The molecule has 0 radical (unpaired) electrons. The zero-order chi connectivity index (χ0) is 50.2. The molecule has 0 spiro atoms. The van der Waals surface area contributed by atoms with Gasteiger partial charge in [0.1, 0.15) is 23.9 Å². The SMILES string of the molecule is CS.[3H]CSOC1C(O[C@@H]2[C@@H](C)[C@H](OC3CC(C)(OC)C(O[3H])C(C)O3)[C@@H](C)C(=O)O[C@H](CC)[C@@](C)(O)[C@H](O)[C@@H](C)/C(=N/OC3Sc4ccccc4S3)[C@H](C)CC2(C)C)OC(C)CC1N(C)C. The van der Waals surface area contributed by atoms with E-state index in [1.165, 1.54) is 6.92 Å². The summed E-state index contributed by atoms with van der Waals surface area (Å²) in [4.78, 5) is 25.2. The lowest BCUT2D eigenvalue weighted by Crippen LogP contribution is -2.60. The first-order valence-corrected chi connectivity index (χ1v) is 26.3. The number of fused-ring (bicyclic) bond motifs is 1. The number of thioether (sulfide) groups is 2. The second-order valence-electron chi connectivity index (χ2n) is 19.5. The molecule has 8 unspecified atom stereocenters. The van der Waals surface area contributed by atoms with Crippen LogP contribution in [0.25, 0.3) is 0 Å². The molecule has 5 rings (SSSR count). The van der Waals surface area contributed by atoms with Gasteiger partial charge < -0.3 is 57.7 Å². The van der Waals surface area contributed by atoms with Crippen molar-refractivity contribution in [1.29, 1.82) is 1.43 Å².